The summed E-state index contributed by atoms with van der Waals surface area (Å²) in [4.78, 5) is 8.38. The van der Waals surface area contributed by atoms with Crippen molar-refractivity contribution < 1.29 is 13.2 Å². The van der Waals surface area contributed by atoms with Crippen molar-refractivity contribution in [2.75, 3.05) is 25.6 Å². The SMILES string of the molecule is COCCNS(=O)(=O)c1ccc(CNc2cc(C)ncn2)cc1. The molecule has 0 fully saturated rings. The second-order valence-corrected chi connectivity index (χ2v) is 6.70. The second kappa shape index (κ2) is 8.00. The zero-order valence-electron chi connectivity index (χ0n) is 13.1. The molecule has 1 aromatic carbocycles. The van der Waals surface area contributed by atoms with Crippen LogP contribution in [0.5, 0.6) is 0 Å². The molecule has 8 heteroatoms. The van der Waals surface area contributed by atoms with Gasteiger partial charge in [-0.25, -0.2) is 23.1 Å². The van der Waals surface area contributed by atoms with Crippen molar-refractivity contribution in [2.24, 2.45) is 0 Å². The quantitative estimate of drug-likeness (QED) is 0.706. The predicted molar refractivity (Wildman–Crippen MR) is 87.6 cm³/mol. The summed E-state index contributed by atoms with van der Waals surface area (Å²) in [5.74, 6) is 0.732. The minimum absolute atomic E-state index is 0.232. The van der Waals surface area contributed by atoms with Crippen LogP contribution in [-0.4, -0.2) is 38.6 Å². The van der Waals surface area contributed by atoms with Crippen molar-refractivity contribution in [1.82, 2.24) is 14.7 Å². The van der Waals surface area contributed by atoms with E-state index in [1.807, 2.05) is 13.0 Å². The number of rotatable bonds is 8. The molecule has 0 atom stereocenters. The molecule has 124 valence electrons. The Morgan fingerprint density at radius 1 is 1.17 bits per heavy atom. The molecule has 0 bridgehead atoms. The number of aromatic nitrogens is 2. The average molecular weight is 336 g/mol. The molecule has 1 heterocycles. The lowest BCUT2D eigenvalue weighted by atomic mass is 10.2. The smallest absolute Gasteiger partial charge is 0.240 e. The van der Waals surface area contributed by atoms with Gasteiger partial charge in [-0.2, -0.15) is 0 Å². The Kier molecular flexibility index (Phi) is 6.03. The van der Waals surface area contributed by atoms with Crippen LogP contribution in [0.15, 0.2) is 41.6 Å². The number of nitrogens with one attached hydrogen (secondary N) is 2. The number of ether oxygens (including phenoxy) is 1. The Morgan fingerprint density at radius 3 is 2.57 bits per heavy atom. The normalized spacial score (nSPS) is 11.4. The third-order valence-electron chi connectivity index (χ3n) is 3.11. The Hall–Kier alpha value is -2.03. The van der Waals surface area contributed by atoms with E-state index in [0.717, 1.165) is 17.1 Å². The first-order valence-corrected chi connectivity index (χ1v) is 8.59. The second-order valence-electron chi connectivity index (χ2n) is 4.93. The van der Waals surface area contributed by atoms with Crippen molar-refractivity contribution in [3.8, 4) is 0 Å². The lowest BCUT2D eigenvalue weighted by Gasteiger charge is -2.08. The zero-order valence-corrected chi connectivity index (χ0v) is 13.9. The van der Waals surface area contributed by atoms with Crippen LogP contribution in [0.1, 0.15) is 11.3 Å². The number of sulfonamides is 1. The summed E-state index contributed by atoms with van der Waals surface area (Å²) in [6.45, 7) is 3.02. The maximum atomic E-state index is 12.0. The third kappa shape index (κ3) is 5.27. The summed E-state index contributed by atoms with van der Waals surface area (Å²) in [5.41, 5.74) is 1.84. The van der Waals surface area contributed by atoms with E-state index in [0.29, 0.717) is 13.2 Å². The van der Waals surface area contributed by atoms with Gasteiger partial charge in [-0.3, -0.25) is 0 Å². The van der Waals surface area contributed by atoms with E-state index >= 15 is 0 Å². The summed E-state index contributed by atoms with van der Waals surface area (Å²) in [5, 5.41) is 3.17. The monoisotopic (exact) mass is 336 g/mol. The van der Waals surface area contributed by atoms with Gasteiger partial charge in [0.25, 0.3) is 0 Å². The Labute approximate surface area is 136 Å². The van der Waals surface area contributed by atoms with Crippen LogP contribution < -0.4 is 10.0 Å². The minimum atomic E-state index is -3.49. The fourth-order valence-corrected chi connectivity index (χ4v) is 2.90. The largest absolute Gasteiger partial charge is 0.383 e. The maximum Gasteiger partial charge on any atom is 0.240 e. The molecule has 0 amide bonds. The summed E-state index contributed by atoms with van der Waals surface area (Å²) in [6, 6.07) is 8.55. The molecule has 0 saturated heterocycles. The van der Waals surface area contributed by atoms with E-state index in [9.17, 15) is 8.42 Å². The summed E-state index contributed by atoms with van der Waals surface area (Å²) >= 11 is 0. The number of benzene rings is 1. The molecule has 1 aromatic heterocycles. The fraction of sp³-hybridized carbons (Fsp3) is 0.333. The van der Waals surface area contributed by atoms with Crippen molar-refractivity contribution in [3.05, 3.63) is 47.9 Å². The molecular formula is C15H20N4O3S. The molecule has 0 aliphatic carbocycles. The van der Waals surface area contributed by atoms with E-state index in [1.165, 1.54) is 13.4 Å². The van der Waals surface area contributed by atoms with Gasteiger partial charge in [-0.05, 0) is 24.6 Å². The lowest BCUT2D eigenvalue weighted by molar-refractivity contribution is 0.204. The first-order valence-electron chi connectivity index (χ1n) is 7.11. The van der Waals surface area contributed by atoms with E-state index < -0.39 is 10.0 Å². The van der Waals surface area contributed by atoms with Crippen molar-refractivity contribution in [2.45, 2.75) is 18.4 Å². The summed E-state index contributed by atoms with van der Waals surface area (Å²) < 4.78 is 31.4. The van der Waals surface area contributed by atoms with Crippen molar-refractivity contribution in [1.29, 1.82) is 0 Å². The predicted octanol–water partition coefficient (Wildman–Crippen LogP) is 1.32. The molecule has 2 rings (SSSR count). The van der Waals surface area contributed by atoms with Crippen LogP contribution in [0, 0.1) is 6.92 Å². The molecule has 0 saturated carbocycles. The first kappa shape index (κ1) is 17.3. The van der Waals surface area contributed by atoms with Gasteiger partial charge in [0, 0.05) is 32.0 Å². The lowest BCUT2D eigenvalue weighted by Crippen LogP contribution is -2.27. The maximum absolute atomic E-state index is 12.0. The Bertz CT molecular complexity index is 733. The van der Waals surface area contributed by atoms with E-state index in [1.54, 1.807) is 24.3 Å². The van der Waals surface area contributed by atoms with Crippen LogP contribution in [0.2, 0.25) is 0 Å². The standard InChI is InChI=1S/C15H20N4O3S/c1-12-9-15(18-11-17-12)16-10-13-3-5-14(6-4-13)23(20,21)19-7-8-22-2/h3-6,9,11,19H,7-8,10H2,1-2H3,(H,16,17,18). The van der Waals surface area contributed by atoms with E-state index in [2.05, 4.69) is 20.0 Å². The van der Waals surface area contributed by atoms with Crippen LogP contribution in [-0.2, 0) is 21.3 Å². The number of hydrogen-bond acceptors (Lipinski definition) is 6. The molecular weight excluding hydrogens is 316 g/mol. The highest BCUT2D eigenvalue weighted by molar-refractivity contribution is 7.89. The minimum Gasteiger partial charge on any atom is -0.383 e. The molecule has 7 nitrogen and oxygen atoms in total. The van der Waals surface area contributed by atoms with Gasteiger partial charge >= 0.3 is 0 Å². The van der Waals surface area contributed by atoms with Gasteiger partial charge in [0.1, 0.15) is 12.1 Å². The van der Waals surface area contributed by atoms with Crippen molar-refractivity contribution in [3.63, 3.8) is 0 Å². The molecule has 0 aliphatic rings. The number of hydrogen-bond donors (Lipinski definition) is 2. The van der Waals surface area contributed by atoms with Gasteiger partial charge < -0.3 is 10.1 Å². The topological polar surface area (TPSA) is 93.2 Å². The molecule has 0 aliphatic heterocycles. The average Bonchev–Trinajstić information content (AvgIpc) is 2.53. The first-order chi connectivity index (χ1) is 11.0. The van der Waals surface area contributed by atoms with E-state index in [-0.39, 0.29) is 11.4 Å². The number of nitrogens with zero attached hydrogens (tertiary/aromatic N) is 2. The molecule has 0 unspecified atom stereocenters. The molecule has 0 spiro atoms. The van der Waals surface area contributed by atoms with Gasteiger partial charge in [-0.15, -0.1) is 0 Å². The molecule has 2 N–H and O–H groups in total. The third-order valence-corrected chi connectivity index (χ3v) is 4.59. The van der Waals surface area contributed by atoms with Crippen LogP contribution in [0.4, 0.5) is 5.82 Å². The van der Waals surface area contributed by atoms with Gasteiger partial charge in [0.2, 0.25) is 10.0 Å². The number of aryl methyl sites for hydroxylation is 1. The fourth-order valence-electron chi connectivity index (χ4n) is 1.89. The zero-order chi connectivity index (χ0) is 16.7. The Morgan fingerprint density at radius 2 is 1.91 bits per heavy atom. The Balaban J connectivity index is 1.96. The summed E-state index contributed by atoms with van der Waals surface area (Å²) in [7, 11) is -1.97. The highest BCUT2D eigenvalue weighted by atomic mass is 32.2. The van der Waals surface area contributed by atoms with Gasteiger partial charge in [0.05, 0.1) is 11.5 Å². The number of anilines is 1. The van der Waals surface area contributed by atoms with Gasteiger partial charge in [-0.1, -0.05) is 12.1 Å². The van der Waals surface area contributed by atoms with Crippen LogP contribution in [0.25, 0.3) is 0 Å². The summed E-state index contributed by atoms with van der Waals surface area (Å²) in [6.07, 6.45) is 1.50. The van der Waals surface area contributed by atoms with Crippen LogP contribution in [0.3, 0.4) is 0 Å². The van der Waals surface area contributed by atoms with Crippen LogP contribution >= 0.6 is 0 Å². The number of methoxy groups -OCH3 is 1. The molecule has 2 aromatic rings. The highest BCUT2D eigenvalue weighted by Gasteiger charge is 2.12. The molecule has 0 radical (unpaired) electrons. The van der Waals surface area contributed by atoms with Crippen molar-refractivity contribution >= 4 is 15.8 Å². The highest BCUT2D eigenvalue weighted by Crippen LogP contribution is 2.12. The van der Waals surface area contributed by atoms with Gasteiger partial charge in [0.15, 0.2) is 0 Å². The molecule has 23 heavy (non-hydrogen) atoms. The van der Waals surface area contributed by atoms with E-state index in [4.69, 9.17) is 4.74 Å².